The second kappa shape index (κ2) is 9.38. The van der Waals surface area contributed by atoms with Crippen LogP contribution in [0.2, 0.25) is 0 Å². The maximum atomic E-state index is 6.10. The summed E-state index contributed by atoms with van der Waals surface area (Å²) in [6.45, 7) is 7.23. The Hall–Kier alpha value is -1.84. The second-order valence-electron chi connectivity index (χ2n) is 8.00. The summed E-state index contributed by atoms with van der Waals surface area (Å²) in [5, 5.41) is 3.64. The third-order valence-electron chi connectivity index (χ3n) is 5.88. The lowest BCUT2D eigenvalue weighted by Gasteiger charge is -2.43. The molecule has 3 heteroatoms. The molecule has 0 aromatic heterocycles. The minimum absolute atomic E-state index is 0.101. The summed E-state index contributed by atoms with van der Waals surface area (Å²) < 4.78 is 11.8. The molecule has 1 heterocycles. The van der Waals surface area contributed by atoms with Gasteiger partial charge in [0, 0.05) is 24.1 Å². The highest BCUT2D eigenvalue weighted by Gasteiger charge is 2.40. The van der Waals surface area contributed by atoms with E-state index in [9.17, 15) is 0 Å². The SMILES string of the molecule is COc1ccccc1[C@@]1(CCNCc2ccccc2)CCO[C@@H](C(C)C)C1. The normalized spacial score (nSPS) is 22.7. The van der Waals surface area contributed by atoms with Gasteiger partial charge in [-0.2, -0.15) is 0 Å². The highest BCUT2D eigenvalue weighted by Crippen LogP contribution is 2.45. The van der Waals surface area contributed by atoms with Gasteiger partial charge in [0.25, 0.3) is 0 Å². The van der Waals surface area contributed by atoms with Crippen molar-refractivity contribution in [3.05, 3.63) is 65.7 Å². The van der Waals surface area contributed by atoms with Crippen molar-refractivity contribution in [1.82, 2.24) is 5.32 Å². The van der Waals surface area contributed by atoms with Crippen molar-refractivity contribution in [3.63, 3.8) is 0 Å². The van der Waals surface area contributed by atoms with E-state index >= 15 is 0 Å². The van der Waals surface area contributed by atoms with Gasteiger partial charge in [0.1, 0.15) is 5.75 Å². The Bertz CT molecular complexity index is 701. The van der Waals surface area contributed by atoms with E-state index in [4.69, 9.17) is 9.47 Å². The molecular formula is C24H33NO2. The lowest BCUT2D eigenvalue weighted by atomic mass is 9.68. The molecule has 0 saturated carbocycles. The van der Waals surface area contributed by atoms with Gasteiger partial charge in [-0.05, 0) is 43.4 Å². The molecule has 1 N–H and O–H groups in total. The summed E-state index contributed by atoms with van der Waals surface area (Å²) in [6.07, 6.45) is 3.49. The molecule has 0 spiro atoms. The van der Waals surface area contributed by atoms with Crippen molar-refractivity contribution in [3.8, 4) is 5.75 Å². The molecule has 0 radical (unpaired) electrons. The van der Waals surface area contributed by atoms with Crippen LogP contribution in [0.5, 0.6) is 5.75 Å². The Morgan fingerprint density at radius 3 is 2.59 bits per heavy atom. The average molecular weight is 368 g/mol. The fraction of sp³-hybridized carbons (Fsp3) is 0.500. The first kappa shape index (κ1) is 19.9. The minimum Gasteiger partial charge on any atom is -0.496 e. The van der Waals surface area contributed by atoms with Crippen LogP contribution in [-0.2, 0) is 16.7 Å². The Morgan fingerprint density at radius 1 is 1.11 bits per heavy atom. The van der Waals surface area contributed by atoms with Crippen molar-refractivity contribution in [2.24, 2.45) is 5.92 Å². The smallest absolute Gasteiger partial charge is 0.122 e. The van der Waals surface area contributed by atoms with Crippen LogP contribution in [0.15, 0.2) is 54.6 Å². The molecule has 1 fully saturated rings. The Balaban J connectivity index is 1.75. The van der Waals surface area contributed by atoms with Crippen LogP contribution in [0.25, 0.3) is 0 Å². The Morgan fingerprint density at radius 2 is 1.85 bits per heavy atom. The van der Waals surface area contributed by atoms with Gasteiger partial charge in [0.15, 0.2) is 0 Å². The van der Waals surface area contributed by atoms with Gasteiger partial charge in [-0.1, -0.05) is 62.4 Å². The zero-order chi connectivity index (χ0) is 19.1. The van der Waals surface area contributed by atoms with Gasteiger partial charge in [-0.15, -0.1) is 0 Å². The molecule has 0 unspecified atom stereocenters. The summed E-state index contributed by atoms with van der Waals surface area (Å²) in [4.78, 5) is 0. The first-order valence-electron chi connectivity index (χ1n) is 10.1. The van der Waals surface area contributed by atoms with Crippen molar-refractivity contribution < 1.29 is 9.47 Å². The van der Waals surface area contributed by atoms with Crippen LogP contribution in [0.4, 0.5) is 0 Å². The Kier molecular flexibility index (Phi) is 6.92. The number of ether oxygens (including phenoxy) is 2. The van der Waals surface area contributed by atoms with Crippen molar-refractivity contribution in [2.75, 3.05) is 20.3 Å². The van der Waals surface area contributed by atoms with Gasteiger partial charge < -0.3 is 14.8 Å². The molecule has 1 saturated heterocycles. The molecule has 0 amide bonds. The molecule has 146 valence electrons. The topological polar surface area (TPSA) is 30.5 Å². The third kappa shape index (κ3) is 4.91. The first-order valence-corrected chi connectivity index (χ1v) is 10.1. The van der Waals surface area contributed by atoms with Crippen molar-refractivity contribution in [1.29, 1.82) is 0 Å². The second-order valence-corrected chi connectivity index (χ2v) is 8.00. The summed E-state index contributed by atoms with van der Waals surface area (Å²) in [7, 11) is 1.78. The van der Waals surface area contributed by atoms with Gasteiger partial charge in [0.2, 0.25) is 0 Å². The summed E-state index contributed by atoms with van der Waals surface area (Å²) in [5.74, 6) is 1.53. The quantitative estimate of drug-likeness (QED) is 0.670. The molecule has 0 bridgehead atoms. The number of hydrogen-bond acceptors (Lipinski definition) is 3. The fourth-order valence-corrected chi connectivity index (χ4v) is 4.23. The van der Waals surface area contributed by atoms with Crippen LogP contribution < -0.4 is 10.1 Å². The zero-order valence-corrected chi connectivity index (χ0v) is 16.9. The maximum absolute atomic E-state index is 6.10. The Labute approximate surface area is 164 Å². The van der Waals surface area contributed by atoms with Crippen molar-refractivity contribution >= 4 is 0 Å². The fourth-order valence-electron chi connectivity index (χ4n) is 4.23. The predicted molar refractivity (Wildman–Crippen MR) is 111 cm³/mol. The third-order valence-corrected chi connectivity index (χ3v) is 5.88. The zero-order valence-electron chi connectivity index (χ0n) is 16.9. The summed E-state index contributed by atoms with van der Waals surface area (Å²) in [6, 6.07) is 19.1. The lowest BCUT2D eigenvalue weighted by Crippen LogP contribution is -2.42. The van der Waals surface area contributed by atoms with Gasteiger partial charge >= 0.3 is 0 Å². The van der Waals surface area contributed by atoms with Crippen LogP contribution in [0.3, 0.4) is 0 Å². The van der Waals surface area contributed by atoms with Crippen LogP contribution in [-0.4, -0.2) is 26.4 Å². The molecular weight excluding hydrogens is 334 g/mol. The molecule has 1 aliphatic rings. The van der Waals surface area contributed by atoms with Gasteiger partial charge in [0.05, 0.1) is 13.2 Å². The largest absolute Gasteiger partial charge is 0.496 e. The maximum Gasteiger partial charge on any atom is 0.122 e. The van der Waals surface area contributed by atoms with Gasteiger partial charge in [-0.25, -0.2) is 0 Å². The van der Waals surface area contributed by atoms with Crippen LogP contribution in [0.1, 0.15) is 44.2 Å². The molecule has 3 rings (SSSR count). The van der Waals surface area contributed by atoms with E-state index in [1.165, 1.54) is 11.1 Å². The average Bonchev–Trinajstić information content (AvgIpc) is 2.72. The molecule has 2 atom stereocenters. The highest BCUT2D eigenvalue weighted by molar-refractivity contribution is 5.40. The van der Waals surface area contributed by atoms with E-state index in [-0.39, 0.29) is 5.41 Å². The van der Waals surface area contributed by atoms with Crippen LogP contribution in [0, 0.1) is 5.92 Å². The number of rotatable bonds is 8. The molecule has 2 aromatic carbocycles. The first-order chi connectivity index (χ1) is 13.1. The lowest BCUT2D eigenvalue weighted by molar-refractivity contribution is -0.0473. The predicted octanol–water partition coefficient (Wildman–Crippen LogP) is 4.95. The molecule has 3 nitrogen and oxygen atoms in total. The summed E-state index contributed by atoms with van der Waals surface area (Å²) in [5.41, 5.74) is 2.77. The van der Waals surface area contributed by atoms with Crippen LogP contribution >= 0.6 is 0 Å². The van der Waals surface area contributed by atoms with E-state index < -0.39 is 0 Å². The number of para-hydroxylation sites is 1. The minimum atomic E-state index is 0.101. The molecule has 27 heavy (non-hydrogen) atoms. The van der Waals surface area contributed by atoms with E-state index in [0.29, 0.717) is 12.0 Å². The molecule has 2 aromatic rings. The monoisotopic (exact) mass is 367 g/mol. The number of methoxy groups -OCH3 is 1. The molecule has 0 aliphatic carbocycles. The molecule has 1 aliphatic heterocycles. The van der Waals surface area contributed by atoms with Crippen molar-refractivity contribution in [2.45, 2.75) is 51.2 Å². The number of nitrogens with one attached hydrogen (secondary N) is 1. The van der Waals surface area contributed by atoms with E-state index in [2.05, 4.69) is 73.8 Å². The summed E-state index contributed by atoms with van der Waals surface area (Å²) >= 11 is 0. The van der Waals surface area contributed by atoms with Gasteiger partial charge in [-0.3, -0.25) is 0 Å². The number of benzene rings is 2. The number of hydrogen-bond donors (Lipinski definition) is 1. The standard InChI is InChI=1S/C24H33NO2/c1-19(2)23-17-24(14-16-27-23,21-11-7-8-12-22(21)26-3)13-15-25-18-20-9-5-4-6-10-20/h4-12,19,23,25H,13-18H2,1-3H3/t23-,24+/m1/s1. The van der Waals surface area contributed by atoms with E-state index in [0.717, 1.165) is 44.7 Å². The van der Waals surface area contributed by atoms with E-state index in [1.54, 1.807) is 7.11 Å². The van der Waals surface area contributed by atoms with E-state index in [1.807, 2.05) is 0 Å². The highest BCUT2D eigenvalue weighted by atomic mass is 16.5.